The molecule has 23 heavy (non-hydrogen) atoms. The Morgan fingerprint density at radius 2 is 2.04 bits per heavy atom. The first-order valence-electron chi connectivity index (χ1n) is 6.55. The van der Waals surface area contributed by atoms with Gasteiger partial charge in [0, 0.05) is 12.4 Å². The Hall–Kier alpha value is -3.49. The number of carboxylic acids is 1. The summed E-state index contributed by atoms with van der Waals surface area (Å²) in [6, 6.07) is 9.20. The molecule has 0 atom stereocenters. The van der Waals surface area contributed by atoms with E-state index in [0.717, 1.165) is 16.3 Å². The summed E-state index contributed by atoms with van der Waals surface area (Å²) in [4.78, 5) is 30.3. The first-order chi connectivity index (χ1) is 11.1. The van der Waals surface area contributed by atoms with Gasteiger partial charge in [0.2, 0.25) is 0 Å². The van der Waals surface area contributed by atoms with E-state index in [4.69, 9.17) is 9.84 Å². The van der Waals surface area contributed by atoms with E-state index >= 15 is 0 Å². The van der Waals surface area contributed by atoms with E-state index < -0.39 is 12.1 Å². The highest BCUT2D eigenvalue weighted by Gasteiger charge is 2.12. The Bertz CT molecular complexity index is 862. The first kappa shape index (κ1) is 14.4. The molecule has 2 aromatic heterocycles. The van der Waals surface area contributed by atoms with E-state index in [9.17, 15) is 9.59 Å². The lowest BCUT2D eigenvalue weighted by Gasteiger charge is -2.03. The molecule has 0 aliphatic rings. The molecule has 116 valence electrons. The van der Waals surface area contributed by atoms with Gasteiger partial charge >= 0.3 is 12.1 Å². The Morgan fingerprint density at radius 1 is 1.26 bits per heavy atom. The van der Waals surface area contributed by atoms with Crippen molar-refractivity contribution >= 4 is 23.8 Å². The zero-order valence-electron chi connectivity index (χ0n) is 11.7. The average molecular weight is 313 g/mol. The Kier molecular flexibility index (Phi) is 3.83. The van der Waals surface area contributed by atoms with Crippen LogP contribution in [0, 0.1) is 0 Å². The monoisotopic (exact) mass is 313 g/mol. The fraction of sp³-hybridized carbons (Fsp3) is 0.0714. The summed E-state index contributed by atoms with van der Waals surface area (Å²) in [6.45, 7) is 0.113. The largest absolute Gasteiger partial charge is 0.478 e. The van der Waals surface area contributed by atoms with Gasteiger partial charge in [0.1, 0.15) is 6.61 Å². The number of hydrogen-bond donors (Lipinski definition) is 2. The van der Waals surface area contributed by atoms with Gasteiger partial charge in [-0.3, -0.25) is 5.32 Å². The molecular formula is C14H11N5O4. The first-order valence-corrected chi connectivity index (χ1v) is 6.55. The number of nitrogens with zero attached hydrogens (tertiary/aromatic N) is 4. The topological polar surface area (TPSA) is 119 Å². The third-order valence-corrected chi connectivity index (χ3v) is 2.87. The van der Waals surface area contributed by atoms with Gasteiger partial charge < -0.3 is 9.84 Å². The molecule has 0 radical (unpaired) electrons. The molecule has 1 amide bonds. The van der Waals surface area contributed by atoms with Crippen LogP contribution in [-0.2, 0) is 11.3 Å². The van der Waals surface area contributed by atoms with E-state index in [1.807, 2.05) is 30.3 Å². The molecule has 0 fully saturated rings. The van der Waals surface area contributed by atoms with Gasteiger partial charge in [-0.1, -0.05) is 30.3 Å². The number of ether oxygens (including phenoxy) is 1. The van der Waals surface area contributed by atoms with Crippen LogP contribution in [0.3, 0.4) is 0 Å². The number of rotatable bonds is 4. The summed E-state index contributed by atoms with van der Waals surface area (Å²) in [5, 5.41) is 15.2. The molecule has 2 heterocycles. The van der Waals surface area contributed by atoms with Crippen molar-refractivity contribution in [3.05, 3.63) is 53.9 Å². The van der Waals surface area contributed by atoms with Gasteiger partial charge in [-0.15, -0.1) is 5.10 Å². The van der Waals surface area contributed by atoms with Crippen LogP contribution in [0.1, 0.15) is 15.9 Å². The minimum Gasteiger partial charge on any atom is -0.478 e. The molecule has 0 spiro atoms. The van der Waals surface area contributed by atoms with Crippen LogP contribution < -0.4 is 5.32 Å². The quantitative estimate of drug-likeness (QED) is 0.750. The second-order valence-corrected chi connectivity index (χ2v) is 4.51. The van der Waals surface area contributed by atoms with Crippen molar-refractivity contribution in [2.24, 2.45) is 0 Å². The molecule has 2 N–H and O–H groups in total. The molecule has 3 aromatic rings. The zero-order valence-corrected chi connectivity index (χ0v) is 11.7. The number of fused-ring (bicyclic) bond motifs is 1. The van der Waals surface area contributed by atoms with Crippen molar-refractivity contribution in [2.75, 3.05) is 5.32 Å². The van der Waals surface area contributed by atoms with Gasteiger partial charge in [0.25, 0.3) is 11.7 Å². The van der Waals surface area contributed by atoms with Gasteiger partial charge in [0.05, 0.1) is 5.56 Å². The van der Waals surface area contributed by atoms with Crippen molar-refractivity contribution in [2.45, 2.75) is 6.61 Å². The fourth-order valence-electron chi connectivity index (χ4n) is 1.80. The summed E-state index contributed by atoms with van der Waals surface area (Å²) in [5.41, 5.74) is 0.805. The minimum absolute atomic E-state index is 0.0295. The summed E-state index contributed by atoms with van der Waals surface area (Å²) in [5.74, 6) is -1.00. The van der Waals surface area contributed by atoms with Crippen LogP contribution >= 0.6 is 0 Å². The average Bonchev–Trinajstić information content (AvgIpc) is 2.95. The second-order valence-electron chi connectivity index (χ2n) is 4.51. The number of benzene rings is 1. The maximum Gasteiger partial charge on any atom is 0.414 e. The summed E-state index contributed by atoms with van der Waals surface area (Å²) in [7, 11) is 0. The lowest BCUT2D eigenvalue weighted by Crippen LogP contribution is -2.14. The van der Waals surface area contributed by atoms with Crippen molar-refractivity contribution < 1.29 is 19.4 Å². The Morgan fingerprint density at radius 3 is 2.78 bits per heavy atom. The Labute approximate surface area is 129 Å². The summed E-state index contributed by atoms with van der Waals surface area (Å²) in [6.07, 6.45) is 1.69. The number of anilines is 1. The van der Waals surface area contributed by atoms with Gasteiger partial charge in [-0.2, -0.15) is 4.98 Å². The number of aromatic carboxylic acids is 1. The number of carbonyl (C=O) groups is 2. The standard InChI is InChI=1S/C14H11N5O4/c20-11(21)10-6-15-13-16-12(18-19(13)7-10)17-14(22)23-8-9-4-2-1-3-5-9/h1-7H,8H2,(H,20,21)(H,17,18,22). The van der Waals surface area contributed by atoms with E-state index in [1.165, 1.54) is 6.20 Å². The number of hydrogen-bond acceptors (Lipinski definition) is 6. The molecule has 0 unspecified atom stereocenters. The molecule has 0 aliphatic heterocycles. The molecule has 0 aliphatic carbocycles. The molecule has 0 saturated heterocycles. The number of nitrogens with one attached hydrogen (secondary N) is 1. The van der Waals surface area contributed by atoms with Gasteiger partial charge in [-0.25, -0.2) is 19.1 Å². The lowest BCUT2D eigenvalue weighted by atomic mass is 10.2. The van der Waals surface area contributed by atoms with Crippen molar-refractivity contribution in [1.29, 1.82) is 0 Å². The highest BCUT2D eigenvalue weighted by atomic mass is 16.5. The van der Waals surface area contributed by atoms with Crippen molar-refractivity contribution in [3.63, 3.8) is 0 Å². The van der Waals surface area contributed by atoms with Crippen molar-refractivity contribution in [3.8, 4) is 0 Å². The second kappa shape index (κ2) is 6.10. The van der Waals surface area contributed by atoms with Crippen LogP contribution in [0.4, 0.5) is 10.7 Å². The summed E-state index contributed by atoms with van der Waals surface area (Å²) >= 11 is 0. The van der Waals surface area contributed by atoms with Gasteiger partial charge in [0.15, 0.2) is 0 Å². The smallest absolute Gasteiger partial charge is 0.414 e. The van der Waals surface area contributed by atoms with Crippen LogP contribution in [0.15, 0.2) is 42.7 Å². The van der Waals surface area contributed by atoms with Crippen LogP contribution in [-0.4, -0.2) is 36.8 Å². The molecular weight excluding hydrogens is 302 g/mol. The van der Waals surface area contributed by atoms with E-state index in [0.29, 0.717) is 0 Å². The highest BCUT2D eigenvalue weighted by molar-refractivity contribution is 5.87. The molecule has 9 heteroatoms. The van der Waals surface area contributed by atoms with Gasteiger partial charge in [-0.05, 0) is 5.56 Å². The van der Waals surface area contributed by atoms with Crippen molar-refractivity contribution in [1.82, 2.24) is 19.6 Å². The maximum absolute atomic E-state index is 11.7. The molecule has 1 aromatic carbocycles. The minimum atomic E-state index is -1.13. The summed E-state index contributed by atoms with van der Waals surface area (Å²) < 4.78 is 6.20. The molecule has 9 nitrogen and oxygen atoms in total. The van der Waals surface area contributed by atoms with Crippen LogP contribution in [0.2, 0.25) is 0 Å². The van der Waals surface area contributed by atoms with E-state index in [-0.39, 0.29) is 23.9 Å². The van der Waals surface area contributed by atoms with Crippen LogP contribution in [0.25, 0.3) is 5.78 Å². The normalized spacial score (nSPS) is 10.4. The van der Waals surface area contributed by atoms with Crippen LogP contribution in [0.5, 0.6) is 0 Å². The third-order valence-electron chi connectivity index (χ3n) is 2.87. The Balaban J connectivity index is 1.66. The maximum atomic E-state index is 11.7. The predicted octanol–water partition coefficient (Wildman–Crippen LogP) is 1.57. The molecule has 3 rings (SSSR count). The lowest BCUT2D eigenvalue weighted by molar-refractivity contribution is 0.0695. The third kappa shape index (κ3) is 3.40. The fourth-order valence-corrected chi connectivity index (χ4v) is 1.80. The number of carboxylic acid groups (broad SMARTS) is 1. The number of aromatic nitrogens is 4. The number of carbonyl (C=O) groups excluding carboxylic acids is 1. The van der Waals surface area contributed by atoms with E-state index in [2.05, 4.69) is 20.4 Å². The van der Waals surface area contributed by atoms with E-state index in [1.54, 1.807) is 0 Å². The molecule has 0 saturated carbocycles. The number of amides is 1. The molecule has 0 bridgehead atoms. The highest BCUT2D eigenvalue weighted by Crippen LogP contribution is 2.06. The SMILES string of the molecule is O=C(Nc1nc2ncc(C(=O)O)cn2n1)OCc1ccccc1. The predicted molar refractivity (Wildman–Crippen MR) is 78.0 cm³/mol. The zero-order chi connectivity index (χ0) is 16.2.